The van der Waals surface area contributed by atoms with Gasteiger partial charge in [-0.2, -0.15) is 0 Å². The number of hydrogen-bond acceptors (Lipinski definition) is 3. The molecule has 1 fully saturated rings. The second-order valence-corrected chi connectivity index (χ2v) is 8.92. The van der Waals surface area contributed by atoms with Gasteiger partial charge in [0, 0.05) is 27.5 Å². The van der Waals surface area contributed by atoms with E-state index >= 15 is 0 Å². The Balaban J connectivity index is 1.68. The van der Waals surface area contributed by atoms with Crippen molar-refractivity contribution >= 4 is 45.6 Å². The molecule has 1 aliphatic carbocycles. The predicted molar refractivity (Wildman–Crippen MR) is 107 cm³/mol. The molecule has 1 aromatic carbocycles. The van der Waals surface area contributed by atoms with Crippen LogP contribution in [-0.4, -0.2) is 20.3 Å². The summed E-state index contributed by atoms with van der Waals surface area (Å²) in [5.41, 5.74) is 1.64. The molecule has 1 aliphatic rings. The van der Waals surface area contributed by atoms with Crippen LogP contribution in [0.15, 0.2) is 36.4 Å². The maximum absolute atomic E-state index is 12.6. The highest BCUT2D eigenvalue weighted by Gasteiger charge is 2.20. The molecule has 3 rings (SSSR count). The average Bonchev–Trinajstić information content (AvgIpc) is 2.64. The molecular formula is C19H20Cl2N2O2S. The number of carbonyl (C=O) groups excluding carboxylic acids is 1. The zero-order valence-corrected chi connectivity index (χ0v) is 16.5. The average molecular weight is 411 g/mol. The Morgan fingerprint density at radius 1 is 1.15 bits per heavy atom. The second-order valence-electron chi connectivity index (χ2n) is 6.40. The van der Waals surface area contributed by atoms with Crippen LogP contribution in [0.3, 0.4) is 0 Å². The van der Waals surface area contributed by atoms with Crippen molar-refractivity contribution in [1.29, 1.82) is 0 Å². The lowest BCUT2D eigenvalue weighted by molar-refractivity contribution is 0.102. The molecule has 1 N–H and O–H groups in total. The summed E-state index contributed by atoms with van der Waals surface area (Å²) in [7, 11) is -0.885. The number of nitrogens with one attached hydrogen (secondary N) is 1. The molecule has 2 aromatic rings. The molecule has 0 spiro atoms. The van der Waals surface area contributed by atoms with Crippen molar-refractivity contribution in [1.82, 2.24) is 4.98 Å². The Morgan fingerprint density at radius 3 is 2.69 bits per heavy atom. The van der Waals surface area contributed by atoms with E-state index in [1.807, 2.05) is 18.2 Å². The molecule has 4 nitrogen and oxygen atoms in total. The minimum absolute atomic E-state index is 0.0790. The van der Waals surface area contributed by atoms with E-state index < -0.39 is 16.7 Å². The minimum atomic E-state index is -0.885. The molecule has 1 aromatic heterocycles. The van der Waals surface area contributed by atoms with Gasteiger partial charge in [-0.25, -0.2) is 4.98 Å². The zero-order chi connectivity index (χ0) is 18.5. The van der Waals surface area contributed by atoms with Gasteiger partial charge in [0.15, 0.2) is 0 Å². The lowest BCUT2D eigenvalue weighted by Gasteiger charge is -2.21. The first-order valence-corrected chi connectivity index (χ1v) is 10.8. The van der Waals surface area contributed by atoms with E-state index in [0.29, 0.717) is 11.4 Å². The van der Waals surface area contributed by atoms with Crippen LogP contribution in [0.1, 0.15) is 48.2 Å². The van der Waals surface area contributed by atoms with Gasteiger partial charge in [0.1, 0.15) is 10.8 Å². The van der Waals surface area contributed by atoms with Crippen LogP contribution in [0.2, 0.25) is 10.2 Å². The van der Waals surface area contributed by atoms with Crippen molar-refractivity contribution in [2.24, 2.45) is 0 Å². The first-order chi connectivity index (χ1) is 12.5. The second kappa shape index (κ2) is 8.98. The molecule has 1 amide bonds. The number of amides is 1. The van der Waals surface area contributed by atoms with Gasteiger partial charge >= 0.3 is 0 Å². The van der Waals surface area contributed by atoms with Crippen molar-refractivity contribution in [2.45, 2.75) is 43.1 Å². The highest BCUT2D eigenvalue weighted by molar-refractivity contribution is 7.84. The van der Waals surface area contributed by atoms with E-state index in [-0.39, 0.29) is 21.1 Å². The topological polar surface area (TPSA) is 59.1 Å². The summed E-state index contributed by atoms with van der Waals surface area (Å²) in [6, 6.07) is 10.5. The molecule has 1 atom stereocenters. The van der Waals surface area contributed by atoms with E-state index in [9.17, 15) is 9.00 Å². The van der Waals surface area contributed by atoms with Gasteiger partial charge in [0.2, 0.25) is 0 Å². The maximum Gasteiger partial charge on any atom is 0.275 e. The molecule has 0 unspecified atom stereocenters. The molecule has 0 saturated heterocycles. The number of halogens is 2. The number of rotatable bonds is 5. The summed E-state index contributed by atoms with van der Waals surface area (Å²) in [6.45, 7) is 0. The van der Waals surface area contributed by atoms with Crippen molar-refractivity contribution in [2.75, 3.05) is 5.32 Å². The van der Waals surface area contributed by atoms with E-state index in [1.54, 1.807) is 6.07 Å². The van der Waals surface area contributed by atoms with Crippen LogP contribution in [0.4, 0.5) is 5.69 Å². The normalized spacial score (nSPS) is 16.2. The summed E-state index contributed by atoms with van der Waals surface area (Å²) < 4.78 is 12.6. The fourth-order valence-corrected chi connectivity index (χ4v) is 5.06. The number of nitrogens with zero attached hydrogens (tertiary/aromatic N) is 1. The van der Waals surface area contributed by atoms with Crippen molar-refractivity contribution in [3.8, 4) is 0 Å². The quantitative estimate of drug-likeness (QED) is 0.686. The van der Waals surface area contributed by atoms with Gasteiger partial charge in [-0.1, -0.05) is 54.6 Å². The van der Waals surface area contributed by atoms with Crippen LogP contribution in [-0.2, 0) is 16.6 Å². The number of anilines is 1. The Bertz CT molecular complexity index is 823. The number of aromatic nitrogens is 1. The summed E-state index contributed by atoms with van der Waals surface area (Å²) in [6.07, 6.45) is 5.67. The molecular weight excluding hydrogens is 391 g/mol. The monoisotopic (exact) mass is 410 g/mol. The van der Waals surface area contributed by atoms with Crippen LogP contribution >= 0.6 is 23.2 Å². The maximum atomic E-state index is 12.6. The first-order valence-electron chi connectivity index (χ1n) is 8.62. The SMILES string of the molecule is O=C(Nc1cccc(C[S@@](=O)C2CCCCC2)c1)c1nc(Cl)ccc1Cl. The van der Waals surface area contributed by atoms with Gasteiger partial charge in [0.05, 0.1) is 5.02 Å². The molecule has 0 bridgehead atoms. The lowest BCUT2D eigenvalue weighted by atomic mass is 10.0. The van der Waals surface area contributed by atoms with Gasteiger partial charge in [-0.05, 0) is 42.7 Å². The molecule has 1 heterocycles. The molecule has 1 saturated carbocycles. The standard InChI is InChI=1S/C19H20Cl2N2O2S/c20-16-9-10-17(21)23-18(16)19(24)22-14-6-4-5-13(11-14)12-26(25)15-7-2-1-3-8-15/h4-6,9-11,15H,1-3,7-8,12H2,(H,22,24)/t26-/m1/s1. The largest absolute Gasteiger partial charge is 0.321 e. The van der Waals surface area contributed by atoms with E-state index in [4.69, 9.17) is 23.2 Å². The molecule has 0 radical (unpaired) electrons. The third-order valence-corrected chi connectivity index (χ3v) is 6.79. The van der Waals surface area contributed by atoms with Crippen LogP contribution in [0.25, 0.3) is 0 Å². The highest BCUT2D eigenvalue weighted by Crippen LogP contribution is 2.25. The van der Waals surface area contributed by atoms with Gasteiger partial charge in [-0.15, -0.1) is 0 Å². The smallest absolute Gasteiger partial charge is 0.275 e. The van der Waals surface area contributed by atoms with Crippen molar-refractivity contribution in [3.63, 3.8) is 0 Å². The van der Waals surface area contributed by atoms with Crippen molar-refractivity contribution in [3.05, 3.63) is 57.8 Å². The van der Waals surface area contributed by atoms with E-state index in [0.717, 1.165) is 18.4 Å². The highest BCUT2D eigenvalue weighted by atomic mass is 35.5. The molecule has 7 heteroatoms. The Hall–Kier alpha value is -1.43. The fraction of sp³-hybridized carbons (Fsp3) is 0.368. The summed E-state index contributed by atoms with van der Waals surface area (Å²) >= 11 is 11.9. The summed E-state index contributed by atoms with van der Waals surface area (Å²) in [5.74, 6) is 0.0768. The lowest BCUT2D eigenvalue weighted by Crippen LogP contribution is -2.20. The third kappa shape index (κ3) is 5.06. The first kappa shape index (κ1) is 19.3. The molecule has 26 heavy (non-hydrogen) atoms. The molecule has 0 aliphatic heterocycles. The number of hydrogen-bond donors (Lipinski definition) is 1. The van der Waals surface area contributed by atoms with Crippen LogP contribution < -0.4 is 5.32 Å². The Morgan fingerprint density at radius 2 is 1.92 bits per heavy atom. The summed E-state index contributed by atoms with van der Waals surface area (Å²) in [5, 5.41) is 3.51. The number of carbonyl (C=O) groups is 1. The number of benzene rings is 1. The van der Waals surface area contributed by atoms with Gasteiger partial charge in [-0.3, -0.25) is 9.00 Å². The summed E-state index contributed by atoms with van der Waals surface area (Å²) in [4.78, 5) is 16.4. The van der Waals surface area contributed by atoms with Crippen LogP contribution in [0.5, 0.6) is 0 Å². The third-order valence-electron chi connectivity index (χ3n) is 4.44. The fourth-order valence-electron chi connectivity index (χ4n) is 3.12. The van der Waals surface area contributed by atoms with E-state index in [1.165, 1.54) is 31.4 Å². The van der Waals surface area contributed by atoms with Crippen molar-refractivity contribution < 1.29 is 9.00 Å². The Kier molecular flexibility index (Phi) is 6.68. The molecule has 138 valence electrons. The number of pyridine rings is 1. The minimum Gasteiger partial charge on any atom is -0.321 e. The van der Waals surface area contributed by atoms with Crippen LogP contribution in [0, 0.1) is 0 Å². The predicted octanol–water partition coefficient (Wildman–Crippen LogP) is 5.22. The van der Waals surface area contributed by atoms with Gasteiger partial charge < -0.3 is 5.32 Å². The Labute approximate surface area is 165 Å². The van der Waals surface area contributed by atoms with Gasteiger partial charge in [0.25, 0.3) is 5.91 Å². The zero-order valence-electron chi connectivity index (χ0n) is 14.2. The van der Waals surface area contributed by atoms with E-state index in [2.05, 4.69) is 10.3 Å².